The Labute approximate surface area is 150 Å². The van der Waals surface area contributed by atoms with Gasteiger partial charge in [-0.2, -0.15) is 5.10 Å². The van der Waals surface area contributed by atoms with Crippen molar-refractivity contribution in [1.82, 2.24) is 25.4 Å². The molecule has 0 saturated heterocycles. The number of hydrogen-bond donors (Lipinski definition) is 3. The summed E-state index contributed by atoms with van der Waals surface area (Å²) in [4.78, 5) is 8.85. The monoisotopic (exact) mass is 343 g/mol. The Kier molecular flexibility index (Phi) is 8.92. The van der Waals surface area contributed by atoms with Gasteiger partial charge >= 0.3 is 0 Å². The smallest absolute Gasteiger partial charge is 0.191 e. The summed E-state index contributed by atoms with van der Waals surface area (Å²) in [5, 5.41) is 14.2. The predicted molar refractivity (Wildman–Crippen MR) is 103 cm³/mol. The Bertz CT molecular complexity index is 581. The van der Waals surface area contributed by atoms with Gasteiger partial charge in [-0.15, -0.1) is 0 Å². The molecule has 2 rings (SSSR count). The van der Waals surface area contributed by atoms with E-state index in [2.05, 4.69) is 37.9 Å². The van der Waals surface area contributed by atoms with Gasteiger partial charge in [-0.3, -0.25) is 9.67 Å². The number of aromatic nitrogens is 3. The van der Waals surface area contributed by atoms with Crippen molar-refractivity contribution < 1.29 is 0 Å². The van der Waals surface area contributed by atoms with Crippen LogP contribution in [0.3, 0.4) is 0 Å². The van der Waals surface area contributed by atoms with Crippen LogP contribution in [0.15, 0.2) is 47.8 Å². The minimum Gasteiger partial charge on any atom is -0.370 e. The number of rotatable bonds is 11. The minimum atomic E-state index is 0.788. The number of nitrogens with one attached hydrogen (secondary N) is 3. The molecule has 0 fully saturated rings. The summed E-state index contributed by atoms with van der Waals surface area (Å²) in [5.74, 6) is 1.82. The number of hydrogen-bond acceptors (Lipinski definition) is 4. The molecule has 136 valence electrons. The number of aliphatic imine (C=N–C) groups is 1. The highest BCUT2D eigenvalue weighted by Crippen LogP contribution is 2.00. The molecule has 0 aliphatic rings. The van der Waals surface area contributed by atoms with Crippen LogP contribution in [0.5, 0.6) is 0 Å². The first-order valence-corrected chi connectivity index (χ1v) is 9.03. The van der Waals surface area contributed by atoms with E-state index in [1.165, 1.54) is 0 Å². The number of unbranched alkanes of at least 4 members (excludes halogenated alkanes) is 1. The molecule has 0 aliphatic heterocycles. The number of nitrogens with zero attached hydrogens (tertiary/aromatic N) is 4. The van der Waals surface area contributed by atoms with Crippen molar-refractivity contribution in [2.24, 2.45) is 4.99 Å². The van der Waals surface area contributed by atoms with Crippen molar-refractivity contribution in [3.63, 3.8) is 0 Å². The predicted octanol–water partition coefficient (Wildman–Crippen LogP) is 2.12. The van der Waals surface area contributed by atoms with Gasteiger partial charge in [-0.25, -0.2) is 4.98 Å². The van der Waals surface area contributed by atoms with E-state index in [9.17, 15) is 0 Å². The molecule has 0 saturated carbocycles. The molecule has 0 unspecified atom stereocenters. The van der Waals surface area contributed by atoms with Gasteiger partial charge in [-0.05, 0) is 44.4 Å². The van der Waals surface area contributed by atoms with Crippen LogP contribution in [0.4, 0.5) is 5.82 Å². The van der Waals surface area contributed by atoms with E-state index in [-0.39, 0.29) is 0 Å². The van der Waals surface area contributed by atoms with Crippen LogP contribution >= 0.6 is 0 Å². The molecule has 0 atom stereocenters. The van der Waals surface area contributed by atoms with Crippen molar-refractivity contribution in [2.45, 2.75) is 32.7 Å². The number of anilines is 1. The molecule has 3 N–H and O–H groups in total. The van der Waals surface area contributed by atoms with E-state index in [0.717, 1.165) is 63.8 Å². The Morgan fingerprint density at radius 2 is 2.00 bits per heavy atom. The Hall–Kier alpha value is -2.57. The van der Waals surface area contributed by atoms with Gasteiger partial charge in [0.15, 0.2) is 5.96 Å². The standard InChI is InChI=1S/C18H29N7/c1-2-19-18(23-13-7-15-25-16-8-14-24-25)22-12-6-5-11-21-17-9-3-4-10-20-17/h3-4,8-10,14,16H,2,5-7,11-13,15H2,1H3,(H,20,21)(H2,19,22,23). The fourth-order valence-electron chi connectivity index (χ4n) is 2.34. The summed E-state index contributed by atoms with van der Waals surface area (Å²) in [5.41, 5.74) is 0. The number of guanidine groups is 1. The molecule has 7 heteroatoms. The minimum absolute atomic E-state index is 0.788. The maximum atomic E-state index is 4.61. The zero-order chi connectivity index (χ0) is 17.6. The van der Waals surface area contributed by atoms with Crippen LogP contribution in [-0.4, -0.2) is 46.9 Å². The topological polar surface area (TPSA) is 79.2 Å². The van der Waals surface area contributed by atoms with Gasteiger partial charge in [0.25, 0.3) is 0 Å². The van der Waals surface area contributed by atoms with Crippen LogP contribution < -0.4 is 16.0 Å². The van der Waals surface area contributed by atoms with Crippen LogP contribution in [0.2, 0.25) is 0 Å². The van der Waals surface area contributed by atoms with E-state index < -0.39 is 0 Å². The molecule has 2 aromatic rings. The van der Waals surface area contributed by atoms with Crippen molar-refractivity contribution in [2.75, 3.05) is 31.5 Å². The number of aryl methyl sites for hydroxylation is 1. The lowest BCUT2D eigenvalue weighted by Crippen LogP contribution is -2.38. The van der Waals surface area contributed by atoms with Crippen molar-refractivity contribution in [3.05, 3.63) is 42.9 Å². The lowest BCUT2D eigenvalue weighted by Gasteiger charge is -2.11. The van der Waals surface area contributed by atoms with Gasteiger partial charge in [-0.1, -0.05) is 6.07 Å². The van der Waals surface area contributed by atoms with Crippen molar-refractivity contribution in [1.29, 1.82) is 0 Å². The molecule has 2 heterocycles. The second kappa shape index (κ2) is 11.9. The molecule has 0 aromatic carbocycles. The first kappa shape index (κ1) is 18.8. The molecule has 7 nitrogen and oxygen atoms in total. The van der Waals surface area contributed by atoms with E-state index in [4.69, 9.17) is 0 Å². The molecular formula is C18H29N7. The molecule has 0 aliphatic carbocycles. The highest BCUT2D eigenvalue weighted by atomic mass is 15.3. The van der Waals surface area contributed by atoms with Crippen LogP contribution in [0.25, 0.3) is 0 Å². The van der Waals surface area contributed by atoms with E-state index >= 15 is 0 Å². The maximum absolute atomic E-state index is 4.61. The highest BCUT2D eigenvalue weighted by molar-refractivity contribution is 5.79. The highest BCUT2D eigenvalue weighted by Gasteiger charge is 1.97. The lowest BCUT2D eigenvalue weighted by molar-refractivity contribution is 0.583. The van der Waals surface area contributed by atoms with Gasteiger partial charge in [0.2, 0.25) is 0 Å². The van der Waals surface area contributed by atoms with Gasteiger partial charge in [0.1, 0.15) is 5.82 Å². The third-order valence-electron chi connectivity index (χ3n) is 3.59. The van der Waals surface area contributed by atoms with Gasteiger partial charge < -0.3 is 16.0 Å². The van der Waals surface area contributed by atoms with Gasteiger partial charge in [0.05, 0.1) is 0 Å². The van der Waals surface area contributed by atoms with Crippen LogP contribution in [0, 0.1) is 0 Å². The molecule has 0 radical (unpaired) electrons. The molecule has 0 spiro atoms. The van der Waals surface area contributed by atoms with Crippen molar-refractivity contribution >= 4 is 11.8 Å². The third kappa shape index (κ3) is 8.19. The summed E-state index contributed by atoms with van der Waals surface area (Å²) in [6.07, 6.45) is 8.73. The molecule has 0 amide bonds. The Morgan fingerprint density at radius 1 is 1.08 bits per heavy atom. The summed E-state index contributed by atoms with van der Waals surface area (Å²) in [6, 6.07) is 7.84. The average molecular weight is 343 g/mol. The van der Waals surface area contributed by atoms with Crippen LogP contribution in [-0.2, 0) is 6.54 Å². The zero-order valence-electron chi connectivity index (χ0n) is 15.0. The first-order valence-electron chi connectivity index (χ1n) is 9.03. The SMILES string of the molecule is CCNC(=NCCCn1cccn1)NCCCCNc1ccccn1. The molecule has 0 bridgehead atoms. The van der Waals surface area contributed by atoms with E-state index in [0.29, 0.717) is 0 Å². The molecular weight excluding hydrogens is 314 g/mol. The third-order valence-corrected chi connectivity index (χ3v) is 3.59. The maximum Gasteiger partial charge on any atom is 0.191 e. The molecule has 25 heavy (non-hydrogen) atoms. The second-order valence-electron chi connectivity index (χ2n) is 5.66. The lowest BCUT2D eigenvalue weighted by atomic mass is 10.3. The normalized spacial score (nSPS) is 11.3. The summed E-state index contributed by atoms with van der Waals surface area (Å²) in [7, 11) is 0. The Balaban J connectivity index is 1.56. The first-order chi connectivity index (χ1) is 12.4. The summed E-state index contributed by atoms with van der Waals surface area (Å²) >= 11 is 0. The van der Waals surface area contributed by atoms with Crippen LogP contribution in [0.1, 0.15) is 26.2 Å². The average Bonchev–Trinajstić information content (AvgIpc) is 3.16. The largest absolute Gasteiger partial charge is 0.370 e. The fourth-order valence-corrected chi connectivity index (χ4v) is 2.34. The zero-order valence-corrected chi connectivity index (χ0v) is 15.0. The number of pyridine rings is 1. The summed E-state index contributed by atoms with van der Waals surface area (Å²) in [6.45, 7) is 6.47. The van der Waals surface area contributed by atoms with Crippen molar-refractivity contribution in [3.8, 4) is 0 Å². The van der Waals surface area contributed by atoms with Gasteiger partial charge in [0, 0.05) is 51.3 Å². The second-order valence-corrected chi connectivity index (χ2v) is 5.66. The van der Waals surface area contributed by atoms with E-state index in [1.54, 1.807) is 12.4 Å². The summed E-state index contributed by atoms with van der Waals surface area (Å²) < 4.78 is 1.93. The fraction of sp³-hybridized carbons (Fsp3) is 0.500. The quantitative estimate of drug-likeness (QED) is 0.331. The molecule has 2 aromatic heterocycles. The van der Waals surface area contributed by atoms with E-state index in [1.807, 2.05) is 35.1 Å². The Morgan fingerprint density at radius 3 is 2.76 bits per heavy atom.